The van der Waals surface area contributed by atoms with Crippen molar-refractivity contribution >= 4 is 11.3 Å². The van der Waals surface area contributed by atoms with Gasteiger partial charge in [-0.25, -0.2) is 0 Å². The Kier molecular flexibility index (Phi) is 3.97. The molecule has 0 fully saturated rings. The van der Waals surface area contributed by atoms with Crippen LogP contribution in [0.5, 0.6) is 0 Å². The fourth-order valence-electron chi connectivity index (χ4n) is 2.09. The standard InChI is InChI=1S/C15H19NS/c1-11-6-7-15(12(2)9-11)13(3)16-10-14-5-4-8-17-14/h4-9,13,16H,10H2,1-3H3. The zero-order valence-corrected chi connectivity index (χ0v) is 11.5. The molecule has 0 bridgehead atoms. The molecule has 2 aromatic rings. The summed E-state index contributed by atoms with van der Waals surface area (Å²) >= 11 is 1.80. The van der Waals surface area contributed by atoms with Crippen molar-refractivity contribution in [2.45, 2.75) is 33.4 Å². The minimum Gasteiger partial charge on any atom is -0.305 e. The molecule has 0 aliphatic heterocycles. The monoisotopic (exact) mass is 245 g/mol. The zero-order valence-electron chi connectivity index (χ0n) is 10.7. The van der Waals surface area contributed by atoms with Crippen LogP contribution in [0.4, 0.5) is 0 Å². The van der Waals surface area contributed by atoms with E-state index in [0.29, 0.717) is 6.04 Å². The summed E-state index contributed by atoms with van der Waals surface area (Å²) in [4.78, 5) is 1.39. The molecule has 1 N–H and O–H groups in total. The maximum atomic E-state index is 3.57. The molecule has 0 amide bonds. The molecule has 0 saturated heterocycles. The summed E-state index contributed by atoms with van der Waals surface area (Å²) in [6.07, 6.45) is 0. The van der Waals surface area contributed by atoms with Gasteiger partial charge in [-0.15, -0.1) is 11.3 Å². The van der Waals surface area contributed by atoms with Crippen LogP contribution in [-0.2, 0) is 6.54 Å². The Morgan fingerprint density at radius 1 is 1.24 bits per heavy atom. The lowest BCUT2D eigenvalue weighted by Crippen LogP contribution is -2.18. The quantitative estimate of drug-likeness (QED) is 0.850. The average molecular weight is 245 g/mol. The Balaban J connectivity index is 2.01. The maximum Gasteiger partial charge on any atom is 0.0305 e. The number of rotatable bonds is 4. The number of aryl methyl sites for hydroxylation is 2. The molecule has 0 aliphatic rings. The van der Waals surface area contributed by atoms with Gasteiger partial charge in [0, 0.05) is 17.5 Å². The number of hydrogen-bond acceptors (Lipinski definition) is 2. The summed E-state index contributed by atoms with van der Waals surface area (Å²) in [6.45, 7) is 7.50. The van der Waals surface area contributed by atoms with Crippen LogP contribution < -0.4 is 5.32 Å². The Hall–Kier alpha value is -1.12. The second-order valence-corrected chi connectivity index (χ2v) is 5.57. The van der Waals surface area contributed by atoms with Crippen LogP contribution in [0.3, 0.4) is 0 Å². The van der Waals surface area contributed by atoms with Crippen LogP contribution >= 0.6 is 11.3 Å². The predicted octanol–water partition coefficient (Wildman–Crippen LogP) is 4.22. The van der Waals surface area contributed by atoms with Crippen LogP contribution in [0, 0.1) is 13.8 Å². The van der Waals surface area contributed by atoms with E-state index >= 15 is 0 Å². The number of hydrogen-bond donors (Lipinski definition) is 1. The first-order valence-electron chi connectivity index (χ1n) is 6.00. The molecule has 90 valence electrons. The van der Waals surface area contributed by atoms with Crippen molar-refractivity contribution in [3.05, 3.63) is 57.3 Å². The van der Waals surface area contributed by atoms with E-state index in [4.69, 9.17) is 0 Å². The highest BCUT2D eigenvalue weighted by molar-refractivity contribution is 7.09. The number of thiophene rings is 1. The lowest BCUT2D eigenvalue weighted by molar-refractivity contribution is 0.576. The lowest BCUT2D eigenvalue weighted by Gasteiger charge is -2.16. The van der Waals surface area contributed by atoms with Crippen molar-refractivity contribution in [1.29, 1.82) is 0 Å². The summed E-state index contributed by atoms with van der Waals surface area (Å²) in [5.41, 5.74) is 4.10. The number of nitrogens with one attached hydrogen (secondary N) is 1. The van der Waals surface area contributed by atoms with Crippen LogP contribution in [0.2, 0.25) is 0 Å². The minimum atomic E-state index is 0.401. The molecule has 17 heavy (non-hydrogen) atoms. The molecular formula is C15H19NS. The molecule has 0 radical (unpaired) electrons. The highest BCUT2D eigenvalue weighted by Gasteiger charge is 2.07. The molecule has 0 saturated carbocycles. The van der Waals surface area contributed by atoms with Gasteiger partial charge < -0.3 is 5.32 Å². The van der Waals surface area contributed by atoms with E-state index in [1.165, 1.54) is 21.6 Å². The van der Waals surface area contributed by atoms with E-state index < -0.39 is 0 Å². The van der Waals surface area contributed by atoms with E-state index in [1.54, 1.807) is 11.3 Å². The van der Waals surface area contributed by atoms with Gasteiger partial charge in [0.05, 0.1) is 0 Å². The molecule has 1 atom stereocenters. The first kappa shape index (κ1) is 12.3. The van der Waals surface area contributed by atoms with E-state index in [-0.39, 0.29) is 0 Å². The Labute approximate surface area is 108 Å². The van der Waals surface area contributed by atoms with Crippen molar-refractivity contribution < 1.29 is 0 Å². The van der Waals surface area contributed by atoms with Gasteiger partial charge in [-0.1, -0.05) is 29.8 Å². The molecule has 0 aliphatic carbocycles. The highest BCUT2D eigenvalue weighted by Crippen LogP contribution is 2.19. The normalized spacial score (nSPS) is 12.6. The van der Waals surface area contributed by atoms with Gasteiger partial charge in [-0.3, -0.25) is 0 Å². The van der Waals surface area contributed by atoms with Gasteiger partial charge in [0.25, 0.3) is 0 Å². The van der Waals surface area contributed by atoms with Gasteiger partial charge in [0.1, 0.15) is 0 Å². The third kappa shape index (κ3) is 3.18. The van der Waals surface area contributed by atoms with Crippen LogP contribution in [-0.4, -0.2) is 0 Å². The van der Waals surface area contributed by atoms with Crippen molar-refractivity contribution in [3.8, 4) is 0 Å². The molecule has 0 spiro atoms. The first-order chi connectivity index (χ1) is 8.16. The summed E-state index contributed by atoms with van der Waals surface area (Å²) in [5.74, 6) is 0. The van der Waals surface area contributed by atoms with Crippen LogP contribution in [0.25, 0.3) is 0 Å². The smallest absolute Gasteiger partial charge is 0.0305 e. The molecular weight excluding hydrogens is 226 g/mol. The molecule has 1 aromatic heterocycles. The van der Waals surface area contributed by atoms with Gasteiger partial charge in [-0.05, 0) is 43.3 Å². The highest BCUT2D eigenvalue weighted by atomic mass is 32.1. The zero-order chi connectivity index (χ0) is 12.3. The second-order valence-electron chi connectivity index (χ2n) is 4.54. The molecule has 2 rings (SSSR count). The SMILES string of the molecule is Cc1ccc(C(C)NCc2cccs2)c(C)c1. The maximum absolute atomic E-state index is 3.57. The molecule has 1 nitrogen and oxygen atoms in total. The fraction of sp³-hybridized carbons (Fsp3) is 0.333. The van der Waals surface area contributed by atoms with Gasteiger partial charge >= 0.3 is 0 Å². The molecule has 1 aromatic carbocycles. The molecule has 1 heterocycles. The summed E-state index contributed by atoms with van der Waals surface area (Å²) < 4.78 is 0. The van der Waals surface area contributed by atoms with E-state index in [1.807, 2.05) is 0 Å². The van der Waals surface area contributed by atoms with Crippen molar-refractivity contribution in [2.24, 2.45) is 0 Å². The average Bonchev–Trinajstić information content (AvgIpc) is 2.78. The minimum absolute atomic E-state index is 0.401. The largest absolute Gasteiger partial charge is 0.305 e. The van der Waals surface area contributed by atoms with E-state index in [2.05, 4.69) is 61.8 Å². The third-order valence-corrected chi connectivity index (χ3v) is 3.93. The van der Waals surface area contributed by atoms with Gasteiger partial charge in [-0.2, -0.15) is 0 Å². The first-order valence-corrected chi connectivity index (χ1v) is 6.87. The van der Waals surface area contributed by atoms with Crippen LogP contribution in [0.15, 0.2) is 35.7 Å². The lowest BCUT2D eigenvalue weighted by atomic mass is 10.0. The Morgan fingerprint density at radius 2 is 2.06 bits per heavy atom. The Bertz CT molecular complexity index is 474. The van der Waals surface area contributed by atoms with Crippen molar-refractivity contribution in [3.63, 3.8) is 0 Å². The van der Waals surface area contributed by atoms with Gasteiger partial charge in [0.2, 0.25) is 0 Å². The summed E-state index contributed by atoms with van der Waals surface area (Å²) in [6, 6.07) is 11.3. The Morgan fingerprint density at radius 3 is 2.71 bits per heavy atom. The van der Waals surface area contributed by atoms with Crippen molar-refractivity contribution in [1.82, 2.24) is 5.32 Å². The van der Waals surface area contributed by atoms with Crippen molar-refractivity contribution in [2.75, 3.05) is 0 Å². The predicted molar refractivity (Wildman–Crippen MR) is 75.5 cm³/mol. The topological polar surface area (TPSA) is 12.0 Å². The number of benzene rings is 1. The summed E-state index contributed by atoms with van der Waals surface area (Å²) in [7, 11) is 0. The van der Waals surface area contributed by atoms with E-state index in [0.717, 1.165) is 6.54 Å². The van der Waals surface area contributed by atoms with E-state index in [9.17, 15) is 0 Å². The van der Waals surface area contributed by atoms with Crippen LogP contribution in [0.1, 0.15) is 34.5 Å². The van der Waals surface area contributed by atoms with Gasteiger partial charge in [0.15, 0.2) is 0 Å². The third-order valence-electron chi connectivity index (χ3n) is 3.05. The molecule has 1 unspecified atom stereocenters. The second kappa shape index (κ2) is 5.48. The summed E-state index contributed by atoms with van der Waals surface area (Å²) in [5, 5.41) is 5.70. The molecule has 2 heteroatoms. The fourth-order valence-corrected chi connectivity index (χ4v) is 2.74.